The summed E-state index contributed by atoms with van der Waals surface area (Å²) in [6.45, 7) is 1.64. The molecule has 1 aliphatic heterocycles. The molecule has 0 fully saturated rings. The molecule has 1 unspecified atom stereocenters. The topological polar surface area (TPSA) is 53.7 Å². The maximum atomic E-state index is 11.2. The molecule has 116 valence electrons. The van der Waals surface area contributed by atoms with Gasteiger partial charge in [-0.3, -0.25) is 0 Å². The summed E-state index contributed by atoms with van der Waals surface area (Å²) in [6.07, 6.45) is 0.828. The lowest BCUT2D eigenvalue weighted by atomic mass is 10.0. The van der Waals surface area contributed by atoms with Crippen LogP contribution in [0.25, 0.3) is 11.0 Å². The van der Waals surface area contributed by atoms with Crippen LogP contribution in [-0.2, 0) is 13.0 Å². The fourth-order valence-electron chi connectivity index (χ4n) is 3.12. The van der Waals surface area contributed by atoms with Crippen LogP contribution in [0.15, 0.2) is 46.9 Å². The van der Waals surface area contributed by atoms with Gasteiger partial charge in [-0.25, -0.2) is 4.79 Å². The van der Waals surface area contributed by atoms with Crippen LogP contribution in [0.1, 0.15) is 21.7 Å². The minimum absolute atomic E-state index is 0.297. The largest absolute Gasteiger partial charge is 0.478 e. The van der Waals surface area contributed by atoms with Gasteiger partial charge in [0.05, 0.1) is 5.56 Å². The molecule has 1 atom stereocenters. The zero-order valence-corrected chi connectivity index (χ0v) is 13.6. The highest BCUT2D eigenvalue weighted by molar-refractivity contribution is 7.27. The third-order valence-electron chi connectivity index (χ3n) is 4.34. The summed E-state index contributed by atoms with van der Waals surface area (Å²) in [6, 6.07) is 13.4. The molecule has 5 heteroatoms. The van der Waals surface area contributed by atoms with Gasteiger partial charge in [0.15, 0.2) is 0 Å². The maximum Gasteiger partial charge on any atom is 0.335 e. The number of fused-ring (bicyclic) bond motifs is 3. The van der Waals surface area contributed by atoms with E-state index in [2.05, 4.69) is 38.4 Å². The number of carbonyl (C=O) groups is 1. The summed E-state index contributed by atoms with van der Waals surface area (Å²) in [7, 11) is 2.69. The highest BCUT2D eigenvalue weighted by atomic mass is 31.0. The molecule has 1 aliphatic rings. The molecule has 0 saturated carbocycles. The summed E-state index contributed by atoms with van der Waals surface area (Å²) in [4.78, 5) is 13.5. The van der Waals surface area contributed by atoms with Crippen molar-refractivity contribution in [1.82, 2.24) is 0 Å². The van der Waals surface area contributed by atoms with Crippen LogP contribution < -0.4 is 10.2 Å². The van der Waals surface area contributed by atoms with Crippen molar-refractivity contribution in [2.45, 2.75) is 13.0 Å². The van der Waals surface area contributed by atoms with Gasteiger partial charge in [0.25, 0.3) is 0 Å². The first kappa shape index (κ1) is 14.3. The number of furan rings is 1. The Hall–Kier alpha value is -2.32. The fraction of sp³-hybridized carbons (Fsp3) is 0.167. The number of anilines is 1. The van der Waals surface area contributed by atoms with Crippen molar-refractivity contribution >= 4 is 37.2 Å². The Balaban J connectivity index is 1.75. The van der Waals surface area contributed by atoms with E-state index in [1.807, 2.05) is 0 Å². The molecule has 0 spiro atoms. The van der Waals surface area contributed by atoms with Gasteiger partial charge < -0.3 is 14.4 Å². The summed E-state index contributed by atoms with van der Waals surface area (Å²) in [5.74, 6) is 0.0620. The first-order chi connectivity index (χ1) is 11.1. The molecule has 0 saturated heterocycles. The van der Waals surface area contributed by atoms with E-state index in [9.17, 15) is 9.90 Å². The first-order valence-corrected chi connectivity index (χ1v) is 8.07. The van der Waals surface area contributed by atoms with Crippen LogP contribution in [0, 0.1) is 0 Å². The van der Waals surface area contributed by atoms with Crippen molar-refractivity contribution in [2.24, 2.45) is 0 Å². The molecular weight excluding hydrogens is 309 g/mol. The fourth-order valence-corrected chi connectivity index (χ4v) is 3.31. The molecule has 2 aromatic carbocycles. The predicted molar refractivity (Wildman–Crippen MR) is 93.7 cm³/mol. The van der Waals surface area contributed by atoms with Crippen LogP contribution >= 0.6 is 9.24 Å². The number of benzene rings is 2. The highest BCUT2D eigenvalue weighted by Crippen LogP contribution is 2.33. The van der Waals surface area contributed by atoms with Crippen LogP contribution in [-0.4, -0.2) is 17.6 Å². The number of rotatable bonds is 2. The van der Waals surface area contributed by atoms with E-state index in [0.717, 1.165) is 47.1 Å². The number of carboxylic acids is 1. The van der Waals surface area contributed by atoms with Crippen molar-refractivity contribution in [3.63, 3.8) is 0 Å². The molecule has 0 aliphatic carbocycles. The molecule has 4 nitrogen and oxygen atoms in total. The Morgan fingerprint density at radius 2 is 1.96 bits per heavy atom. The number of hydrogen-bond acceptors (Lipinski definition) is 3. The maximum absolute atomic E-state index is 11.2. The number of nitrogens with zero attached hydrogens (tertiary/aromatic N) is 1. The number of hydrogen-bond donors (Lipinski definition) is 1. The second-order valence-electron chi connectivity index (χ2n) is 5.78. The molecule has 1 aromatic heterocycles. The molecule has 1 N–H and O–H groups in total. The normalized spacial score (nSPS) is 14.0. The Kier molecular flexibility index (Phi) is 3.35. The lowest BCUT2D eigenvalue weighted by molar-refractivity contribution is 0.0697. The average Bonchev–Trinajstić information content (AvgIpc) is 2.92. The second kappa shape index (κ2) is 5.39. The SMILES string of the molecule is O=C(O)c1ccc2oc3c(c2c1)CN(c1ccc(P)cc1)CC3. The van der Waals surface area contributed by atoms with Gasteiger partial charge in [0.1, 0.15) is 11.3 Å². The molecular formula is C18H16NO3P. The van der Waals surface area contributed by atoms with E-state index in [-0.39, 0.29) is 0 Å². The lowest BCUT2D eigenvalue weighted by Crippen LogP contribution is -2.29. The van der Waals surface area contributed by atoms with Crippen LogP contribution in [0.2, 0.25) is 0 Å². The quantitative estimate of drug-likeness (QED) is 0.735. The average molecular weight is 325 g/mol. The second-order valence-corrected chi connectivity index (χ2v) is 6.45. The smallest absolute Gasteiger partial charge is 0.335 e. The molecule has 4 rings (SSSR count). The Morgan fingerprint density at radius 1 is 1.17 bits per heavy atom. The molecule has 3 aromatic rings. The van der Waals surface area contributed by atoms with Crippen molar-refractivity contribution in [3.8, 4) is 0 Å². The Morgan fingerprint density at radius 3 is 2.70 bits per heavy atom. The number of carboxylic acid groups (broad SMARTS) is 1. The minimum Gasteiger partial charge on any atom is -0.478 e. The van der Waals surface area contributed by atoms with Crippen molar-refractivity contribution in [1.29, 1.82) is 0 Å². The Labute approximate surface area is 135 Å². The first-order valence-electron chi connectivity index (χ1n) is 7.50. The molecule has 23 heavy (non-hydrogen) atoms. The van der Waals surface area contributed by atoms with Crippen LogP contribution in [0.5, 0.6) is 0 Å². The monoisotopic (exact) mass is 325 g/mol. The zero-order chi connectivity index (χ0) is 16.0. The van der Waals surface area contributed by atoms with Crippen LogP contribution in [0.3, 0.4) is 0 Å². The van der Waals surface area contributed by atoms with Crippen molar-refractivity contribution in [2.75, 3.05) is 11.4 Å². The van der Waals surface area contributed by atoms with E-state index < -0.39 is 5.97 Å². The third-order valence-corrected chi connectivity index (χ3v) is 4.72. The number of aromatic carboxylic acids is 1. The van der Waals surface area contributed by atoms with Gasteiger partial charge in [-0.2, -0.15) is 0 Å². The van der Waals surface area contributed by atoms with E-state index in [1.54, 1.807) is 18.2 Å². The van der Waals surface area contributed by atoms with Gasteiger partial charge in [0, 0.05) is 36.1 Å². The summed E-state index contributed by atoms with van der Waals surface area (Å²) < 4.78 is 5.91. The summed E-state index contributed by atoms with van der Waals surface area (Å²) in [5.41, 5.74) is 3.34. The van der Waals surface area contributed by atoms with Gasteiger partial charge in [-0.1, -0.05) is 12.1 Å². The molecule has 0 radical (unpaired) electrons. The minimum atomic E-state index is -0.912. The van der Waals surface area contributed by atoms with E-state index in [1.165, 1.54) is 5.69 Å². The van der Waals surface area contributed by atoms with Gasteiger partial charge >= 0.3 is 5.97 Å². The van der Waals surface area contributed by atoms with Crippen molar-refractivity contribution < 1.29 is 14.3 Å². The summed E-state index contributed by atoms with van der Waals surface area (Å²) >= 11 is 0. The molecule has 0 bridgehead atoms. The van der Waals surface area contributed by atoms with Gasteiger partial charge in [0.2, 0.25) is 0 Å². The van der Waals surface area contributed by atoms with E-state index >= 15 is 0 Å². The van der Waals surface area contributed by atoms with Gasteiger partial charge in [-0.15, -0.1) is 9.24 Å². The lowest BCUT2D eigenvalue weighted by Gasteiger charge is -2.28. The Bertz CT molecular complexity index is 899. The predicted octanol–water partition coefficient (Wildman–Crippen LogP) is 3.19. The highest BCUT2D eigenvalue weighted by Gasteiger charge is 2.23. The van der Waals surface area contributed by atoms with Crippen LogP contribution in [0.4, 0.5) is 5.69 Å². The zero-order valence-electron chi connectivity index (χ0n) is 12.5. The molecule has 0 amide bonds. The molecule has 2 heterocycles. The van der Waals surface area contributed by atoms with E-state index in [0.29, 0.717) is 5.56 Å². The standard InChI is InChI=1S/C18H16NO3P/c20-18(21)11-1-6-16-14(9-11)15-10-19(8-7-17(15)22-16)12-2-4-13(23)5-3-12/h1-6,9H,7-8,10,23H2,(H,20,21). The summed E-state index contributed by atoms with van der Waals surface area (Å²) in [5, 5.41) is 11.3. The third kappa shape index (κ3) is 2.49. The van der Waals surface area contributed by atoms with Crippen molar-refractivity contribution in [3.05, 3.63) is 59.4 Å². The van der Waals surface area contributed by atoms with E-state index in [4.69, 9.17) is 4.42 Å². The van der Waals surface area contributed by atoms with Gasteiger partial charge in [-0.05, 0) is 35.6 Å².